The lowest BCUT2D eigenvalue weighted by Gasteiger charge is -2.10. The molecule has 4 heteroatoms. The van der Waals surface area contributed by atoms with Crippen LogP contribution in [0, 0.1) is 13.8 Å². The Morgan fingerprint density at radius 1 is 1.29 bits per heavy atom. The van der Waals surface area contributed by atoms with Gasteiger partial charge in [-0.1, -0.05) is 0 Å². The first-order valence-electron chi connectivity index (χ1n) is 4.17. The van der Waals surface area contributed by atoms with Gasteiger partial charge in [-0.2, -0.15) is 0 Å². The molecule has 0 aliphatic rings. The molecule has 0 heterocycles. The highest BCUT2D eigenvalue weighted by molar-refractivity contribution is 5.68. The van der Waals surface area contributed by atoms with Gasteiger partial charge in [0.05, 0.1) is 7.11 Å². The first-order chi connectivity index (χ1) is 6.54. The van der Waals surface area contributed by atoms with Crippen LogP contribution in [0.15, 0.2) is 12.1 Å². The van der Waals surface area contributed by atoms with Crippen LogP contribution in [0.4, 0.5) is 4.79 Å². The van der Waals surface area contributed by atoms with Crippen molar-refractivity contribution in [1.82, 2.24) is 0 Å². The van der Waals surface area contributed by atoms with Crippen molar-refractivity contribution in [2.45, 2.75) is 13.8 Å². The fourth-order valence-electron chi connectivity index (χ4n) is 1.41. The molecular weight excluding hydrogens is 182 g/mol. The number of hydrogen-bond acceptors (Lipinski definition) is 3. The Labute approximate surface area is 82.6 Å². The lowest BCUT2D eigenvalue weighted by atomic mass is 10.1. The normalized spacial score (nSPS) is 9.64. The molecule has 14 heavy (non-hydrogen) atoms. The number of amides is 1. The fraction of sp³-hybridized carbons (Fsp3) is 0.300. The number of benzene rings is 1. The van der Waals surface area contributed by atoms with Gasteiger partial charge in [0.2, 0.25) is 0 Å². The first-order valence-corrected chi connectivity index (χ1v) is 4.17. The average molecular weight is 195 g/mol. The lowest BCUT2D eigenvalue weighted by molar-refractivity contribution is 0.211. The minimum Gasteiger partial charge on any atom is -0.496 e. The van der Waals surface area contributed by atoms with E-state index in [1.54, 1.807) is 19.2 Å². The number of hydrogen-bond donors (Lipinski definition) is 1. The quantitative estimate of drug-likeness (QED) is 0.782. The zero-order chi connectivity index (χ0) is 10.7. The summed E-state index contributed by atoms with van der Waals surface area (Å²) in [6, 6.07) is 3.41. The Hall–Kier alpha value is -1.71. The van der Waals surface area contributed by atoms with Crippen LogP contribution in [0.3, 0.4) is 0 Å². The summed E-state index contributed by atoms with van der Waals surface area (Å²) in [6.07, 6.45) is -0.811. The summed E-state index contributed by atoms with van der Waals surface area (Å²) in [5.74, 6) is 1.23. The Morgan fingerprint density at radius 3 is 2.14 bits per heavy atom. The number of nitrogens with two attached hydrogens (primary N) is 1. The van der Waals surface area contributed by atoms with Crippen LogP contribution in [0.5, 0.6) is 11.5 Å². The third-order valence-corrected chi connectivity index (χ3v) is 1.86. The SMILES string of the molecule is COc1c(C)cc(OC(N)=O)cc1C. The van der Waals surface area contributed by atoms with Crippen LogP contribution in [0.2, 0.25) is 0 Å². The van der Waals surface area contributed by atoms with E-state index in [0.29, 0.717) is 5.75 Å². The molecule has 0 atom stereocenters. The van der Waals surface area contributed by atoms with Gasteiger partial charge in [-0.05, 0) is 37.1 Å². The molecular formula is C10H13NO3. The Kier molecular flexibility index (Phi) is 2.96. The molecule has 0 aliphatic heterocycles. The molecule has 1 aromatic rings. The van der Waals surface area contributed by atoms with E-state index in [2.05, 4.69) is 0 Å². The predicted molar refractivity (Wildman–Crippen MR) is 52.7 cm³/mol. The second-order valence-corrected chi connectivity index (χ2v) is 3.01. The van der Waals surface area contributed by atoms with Crippen molar-refractivity contribution < 1.29 is 14.3 Å². The number of rotatable bonds is 2. The molecule has 0 saturated carbocycles. The van der Waals surface area contributed by atoms with Gasteiger partial charge in [0.15, 0.2) is 0 Å². The molecule has 1 aromatic carbocycles. The van der Waals surface area contributed by atoms with Crippen molar-refractivity contribution in [1.29, 1.82) is 0 Å². The van der Waals surface area contributed by atoms with E-state index in [1.807, 2.05) is 13.8 Å². The van der Waals surface area contributed by atoms with E-state index < -0.39 is 6.09 Å². The van der Waals surface area contributed by atoms with Gasteiger partial charge in [0, 0.05) is 0 Å². The maximum absolute atomic E-state index is 10.5. The van der Waals surface area contributed by atoms with E-state index in [4.69, 9.17) is 15.2 Å². The van der Waals surface area contributed by atoms with E-state index in [0.717, 1.165) is 16.9 Å². The molecule has 0 bridgehead atoms. The van der Waals surface area contributed by atoms with Gasteiger partial charge >= 0.3 is 6.09 Å². The summed E-state index contributed by atoms with van der Waals surface area (Å²) in [5.41, 5.74) is 6.72. The smallest absolute Gasteiger partial charge is 0.409 e. The second kappa shape index (κ2) is 4.00. The molecule has 0 saturated heterocycles. The molecule has 76 valence electrons. The maximum Gasteiger partial charge on any atom is 0.409 e. The largest absolute Gasteiger partial charge is 0.496 e. The molecule has 0 spiro atoms. The number of methoxy groups -OCH3 is 1. The third kappa shape index (κ3) is 2.16. The molecule has 4 nitrogen and oxygen atoms in total. The zero-order valence-corrected chi connectivity index (χ0v) is 8.46. The monoisotopic (exact) mass is 195 g/mol. The summed E-state index contributed by atoms with van der Waals surface area (Å²) >= 11 is 0. The summed E-state index contributed by atoms with van der Waals surface area (Å²) in [4.78, 5) is 10.5. The van der Waals surface area contributed by atoms with Crippen molar-refractivity contribution >= 4 is 6.09 Å². The van der Waals surface area contributed by atoms with Crippen LogP contribution in [0.1, 0.15) is 11.1 Å². The average Bonchev–Trinajstić information content (AvgIpc) is 2.01. The topological polar surface area (TPSA) is 61.6 Å². The van der Waals surface area contributed by atoms with Crippen molar-refractivity contribution in [3.05, 3.63) is 23.3 Å². The number of primary amides is 1. The number of ether oxygens (including phenoxy) is 2. The van der Waals surface area contributed by atoms with Gasteiger partial charge in [0.1, 0.15) is 11.5 Å². The number of aryl methyl sites for hydroxylation is 2. The molecule has 0 aromatic heterocycles. The number of carbonyl (C=O) groups excluding carboxylic acids is 1. The van der Waals surface area contributed by atoms with Gasteiger partial charge in [0.25, 0.3) is 0 Å². The zero-order valence-electron chi connectivity index (χ0n) is 8.46. The van der Waals surface area contributed by atoms with Crippen LogP contribution in [-0.4, -0.2) is 13.2 Å². The predicted octanol–water partition coefficient (Wildman–Crippen LogP) is 1.77. The van der Waals surface area contributed by atoms with Crippen LogP contribution in [0.25, 0.3) is 0 Å². The second-order valence-electron chi connectivity index (χ2n) is 3.01. The summed E-state index contributed by atoms with van der Waals surface area (Å²) < 4.78 is 9.92. The summed E-state index contributed by atoms with van der Waals surface area (Å²) in [7, 11) is 1.60. The molecule has 2 N–H and O–H groups in total. The maximum atomic E-state index is 10.5. The molecule has 0 fully saturated rings. The van der Waals surface area contributed by atoms with Gasteiger partial charge in [-0.3, -0.25) is 0 Å². The fourth-order valence-corrected chi connectivity index (χ4v) is 1.41. The highest BCUT2D eigenvalue weighted by atomic mass is 16.5. The van der Waals surface area contributed by atoms with Gasteiger partial charge in [-0.25, -0.2) is 4.79 Å². The summed E-state index contributed by atoms with van der Waals surface area (Å²) in [5, 5.41) is 0. The standard InChI is InChI=1S/C10H13NO3/c1-6-4-8(14-10(11)12)5-7(2)9(6)13-3/h4-5H,1-3H3,(H2,11,12). The highest BCUT2D eigenvalue weighted by Crippen LogP contribution is 2.27. The van der Waals surface area contributed by atoms with Crippen molar-refractivity contribution in [3.63, 3.8) is 0 Å². The van der Waals surface area contributed by atoms with Gasteiger partial charge < -0.3 is 15.2 Å². The van der Waals surface area contributed by atoms with E-state index in [-0.39, 0.29) is 0 Å². The van der Waals surface area contributed by atoms with Crippen LogP contribution in [-0.2, 0) is 0 Å². The van der Waals surface area contributed by atoms with Crippen LogP contribution < -0.4 is 15.2 Å². The summed E-state index contributed by atoms with van der Waals surface area (Å²) in [6.45, 7) is 3.75. The van der Waals surface area contributed by atoms with E-state index >= 15 is 0 Å². The van der Waals surface area contributed by atoms with Crippen LogP contribution >= 0.6 is 0 Å². The minimum absolute atomic E-state index is 0.438. The number of carbonyl (C=O) groups is 1. The highest BCUT2D eigenvalue weighted by Gasteiger charge is 2.07. The minimum atomic E-state index is -0.811. The van der Waals surface area contributed by atoms with Gasteiger partial charge in [-0.15, -0.1) is 0 Å². The molecule has 1 amide bonds. The molecule has 0 aliphatic carbocycles. The molecule has 0 radical (unpaired) electrons. The van der Waals surface area contributed by atoms with E-state index in [1.165, 1.54) is 0 Å². The lowest BCUT2D eigenvalue weighted by Crippen LogP contribution is -2.16. The Bertz CT molecular complexity index is 337. The molecule has 1 rings (SSSR count). The van der Waals surface area contributed by atoms with Crippen molar-refractivity contribution in [2.75, 3.05) is 7.11 Å². The Morgan fingerprint density at radius 2 is 1.79 bits per heavy atom. The van der Waals surface area contributed by atoms with Crippen molar-refractivity contribution in [3.8, 4) is 11.5 Å². The Balaban J connectivity index is 3.07. The third-order valence-electron chi connectivity index (χ3n) is 1.86. The van der Waals surface area contributed by atoms with Crippen molar-refractivity contribution in [2.24, 2.45) is 5.73 Å². The first kappa shape index (κ1) is 10.4. The molecule has 0 unspecified atom stereocenters. The van der Waals surface area contributed by atoms with E-state index in [9.17, 15) is 4.79 Å².